The van der Waals surface area contributed by atoms with Gasteiger partial charge < -0.3 is 4.74 Å². The molecule has 2 aromatic carbocycles. The third kappa shape index (κ3) is 3.75. The normalized spacial score (nSPS) is 17.7. The second-order valence-electron chi connectivity index (χ2n) is 5.49. The lowest BCUT2D eigenvalue weighted by Gasteiger charge is -2.26. The lowest BCUT2D eigenvalue weighted by molar-refractivity contribution is -0.137. The molecule has 0 aliphatic carbocycles. The Balaban J connectivity index is 1.96. The maximum atomic E-state index is 12.9. The third-order valence-electron chi connectivity index (χ3n) is 3.80. The van der Waals surface area contributed by atoms with Crippen molar-refractivity contribution < 1.29 is 26.3 Å². The fourth-order valence-electron chi connectivity index (χ4n) is 2.60. The topological polar surface area (TPSA) is 55.4 Å². The summed E-state index contributed by atoms with van der Waals surface area (Å²) in [5, 5.41) is -0.277. The molecule has 2 aromatic rings. The minimum Gasteiger partial charge on any atom is -0.493 e. The molecule has 1 aliphatic rings. The number of sulfonamides is 1. The Hall–Kier alpha value is -1.77. The van der Waals surface area contributed by atoms with Crippen LogP contribution in [0, 0.1) is 0 Å². The van der Waals surface area contributed by atoms with Gasteiger partial charge in [0.1, 0.15) is 10.6 Å². The molecule has 9 heteroatoms. The fraction of sp³-hybridized carbons (Fsp3) is 0.250. The number of para-hydroxylation sites is 1. The molecule has 0 bridgehead atoms. The summed E-state index contributed by atoms with van der Waals surface area (Å²) in [7, 11) is -4.25. The summed E-state index contributed by atoms with van der Waals surface area (Å²) in [5.74, 6) is 0.539. The first-order chi connectivity index (χ1) is 11.7. The van der Waals surface area contributed by atoms with Gasteiger partial charge >= 0.3 is 6.18 Å². The molecule has 1 aliphatic heterocycles. The summed E-state index contributed by atoms with van der Waals surface area (Å²) in [6.07, 6.45) is -4.31. The van der Waals surface area contributed by atoms with Gasteiger partial charge in [-0.3, -0.25) is 0 Å². The Morgan fingerprint density at radius 2 is 1.88 bits per heavy atom. The Bertz CT molecular complexity index is 900. The van der Waals surface area contributed by atoms with Crippen LogP contribution >= 0.6 is 11.6 Å². The van der Waals surface area contributed by atoms with Crippen molar-refractivity contribution in [2.24, 2.45) is 0 Å². The van der Waals surface area contributed by atoms with Crippen molar-refractivity contribution in [3.63, 3.8) is 0 Å². The molecule has 0 fully saturated rings. The van der Waals surface area contributed by atoms with Crippen LogP contribution in [0.1, 0.15) is 23.6 Å². The second kappa shape index (κ2) is 6.51. The monoisotopic (exact) mass is 391 g/mol. The number of nitrogens with one attached hydrogen (secondary N) is 1. The van der Waals surface area contributed by atoms with Gasteiger partial charge in [0.15, 0.2) is 0 Å². The van der Waals surface area contributed by atoms with Gasteiger partial charge in [-0.1, -0.05) is 29.8 Å². The fourth-order valence-corrected chi connectivity index (χ4v) is 4.38. The van der Waals surface area contributed by atoms with Crippen LogP contribution in [0.25, 0.3) is 0 Å². The van der Waals surface area contributed by atoms with E-state index in [1.807, 2.05) is 0 Å². The first kappa shape index (κ1) is 18.0. The van der Waals surface area contributed by atoms with Crippen LogP contribution in [-0.2, 0) is 16.2 Å². The number of fused-ring (bicyclic) bond motifs is 1. The van der Waals surface area contributed by atoms with Gasteiger partial charge in [-0.2, -0.15) is 13.2 Å². The predicted molar refractivity (Wildman–Crippen MR) is 86.1 cm³/mol. The number of alkyl halides is 3. The molecule has 1 heterocycles. The molecule has 1 N–H and O–H groups in total. The maximum Gasteiger partial charge on any atom is 0.416 e. The molecule has 0 aromatic heterocycles. The number of benzene rings is 2. The van der Waals surface area contributed by atoms with Crippen LogP contribution in [-0.4, -0.2) is 15.0 Å². The molecule has 0 unspecified atom stereocenters. The van der Waals surface area contributed by atoms with Crippen molar-refractivity contribution in [2.75, 3.05) is 6.61 Å². The van der Waals surface area contributed by atoms with E-state index in [4.69, 9.17) is 16.3 Å². The number of rotatable bonds is 3. The zero-order valence-corrected chi connectivity index (χ0v) is 14.3. The zero-order chi connectivity index (χ0) is 18.2. The Morgan fingerprint density at radius 1 is 1.16 bits per heavy atom. The highest BCUT2D eigenvalue weighted by atomic mass is 35.5. The molecule has 0 amide bonds. The minimum absolute atomic E-state index is 0.277. The summed E-state index contributed by atoms with van der Waals surface area (Å²) in [4.78, 5) is -0.604. The average Bonchev–Trinajstić information content (AvgIpc) is 2.54. The van der Waals surface area contributed by atoms with Crippen molar-refractivity contribution in [1.29, 1.82) is 0 Å². The van der Waals surface area contributed by atoms with E-state index in [1.54, 1.807) is 24.3 Å². The van der Waals surface area contributed by atoms with Crippen LogP contribution in [0.15, 0.2) is 47.4 Å². The van der Waals surface area contributed by atoms with E-state index in [9.17, 15) is 21.6 Å². The molecule has 3 rings (SSSR count). The Kier molecular flexibility index (Phi) is 4.70. The van der Waals surface area contributed by atoms with Gasteiger partial charge in [-0.15, -0.1) is 0 Å². The summed E-state index contributed by atoms with van der Waals surface area (Å²) < 4.78 is 71.7. The summed E-state index contributed by atoms with van der Waals surface area (Å²) >= 11 is 5.84. The van der Waals surface area contributed by atoms with Crippen LogP contribution < -0.4 is 9.46 Å². The quantitative estimate of drug-likeness (QED) is 0.854. The highest BCUT2D eigenvalue weighted by Gasteiger charge is 2.34. The van der Waals surface area contributed by atoms with Gasteiger partial charge in [0, 0.05) is 12.0 Å². The third-order valence-corrected chi connectivity index (χ3v) is 5.76. The molecule has 0 radical (unpaired) electrons. The Labute approximate surface area is 147 Å². The highest BCUT2D eigenvalue weighted by molar-refractivity contribution is 7.89. The van der Waals surface area contributed by atoms with E-state index in [2.05, 4.69) is 4.72 Å². The first-order valence-electron chi connectivity index (χ1n) is 7.29. The smallest absolute Gasteiger partial charge is 0.416 e. The standard InChI is InChI=1S/C16H13ClF3NO3S/c17-12-6-5-10(16(18,19)20)9-15(12)25(22,23)21-13-7-8-24-14-4-2-1-3-11(13)14/h1-6,9,13,21H,7-8H2/t13-/m0/s1. The number of hydrogen-bond acceptors (Lipinski definition) is 3. The van der Waals surface area contributed by atoms with Crippen molar-refractivity contribution in [3.8, 4) is 5.75 Å². The van der Waals surface area contributed by atoms with E-state index >= 15 is 0 Å². The summed E-state index contributed by atoms with van der Waals surface area (Å²) in [6.45, 7) is 0.292. The molecular formula is C16H13ClF3NO3S. The lowest BCUT2D eigenvalue weighted by atomic mass is 10.0. The van der Waals surface area contributed by atoms with E-state index < -0.39 is 32.7 Å². The predicted octanol–water partition coefficient (Wildman–Crippen LogP) is 4.16. The zero-order valence-electron chi connectivity index (χ0n) is 12.7. The van der Waals surface area contributed by atoms with Crippen molar-refractivity contribution in [2.45, 2.75) is 23.5 Å². The molecular weight excluding hydrogens is 379 g/mol. The van der Waals surface area contributed by atoms with Crippen molar-refractivity contribution >= 4 is 21.6 Å². The van der Waals surface area contributed by atoms with Gasteiger partial charge in [0.25, 0.3) is 0 Å². The number of ether oxygens (including phenoxy) is 1. The van der Waals surface area contributed by atoms with Crippen LogP contribution in [0.4, 0.5) is 13.2 Å². The van der Waals surface area contributed by atoms with E-state index in [-0.39, 0.29) is 5.02 Å². The van der Waals surface area contributed by atoms with Crippen molar-refractivity contribution in [1.82, 2.24) is 4.72 Å². The van der Waals surface area contributed by atoms with E-state index in [1.165, 1.54) is 0 Å². The second-order valence-corrected chi connectivity index (χ2v) is 7.58. The van der Waals surface area contributed by atoms with Crippen molar-refractivity contribution in [3.05, 3.63) is 58.6 Å². The average molecular weight is 392 g/mol. The largest absolute Gasteiger partial charge is 0.493 e. The molecule has 1 atom stereocenters. The van der Waals surface area contributed by atoms with Gasteiger partial charge in [-0.25, -0.2) is 13.1 Å². The maximum absolute atomic E-state index is 12.9. The SMILES string of the molecule is O=S(=O)(N[C@H]1CCOc2ccccc21)c1cc(C(F)(F)F)ccc1Cl. The van der Waals surface area contributed by atoms with Gasteiger partial charge in [0.2, 0.25) is 10.0 Å². The molecule has 4 nitrogen and oxygen atoms in total. The number of halogens is 4. The first-order valence-corrected chi connectivity index (χ1v) is 9.15. The van der Waals surface area contributed by atoms with Crippen LogP contribution in [0.5, 0.6) is 5.75 Å². The Morgan fingerprint density at radius 3 is 2.60 bits per heavy atom. The van der Waals surface area contributed by atoms with Crippen LogP contribution in [0.3, 0.4) is 0 Å². The molecule has 134 valence electrons. The lowest BCUT2D eigenvalue weighted by Crippen LogP contribution is -2.32. The number of hydrogen-bond donors (Lipinski definition) is 1. The van der Waals surface area contributed by atoms with E-state index in [0.29, 0.717) is 30.4 Å². The molecule has 0 spiro atoms. The van der Waals surface area contributed by atoms with Gasteiger partial charge in [0.05, 0.1) is 23.2 Å². The summed E-state index contributed by atoms with van der Waals surface area (Å²) in [6, 6.07) is 8.48. The van der Waals surface area contributed by atoms with Gasteiger partial charge in [-0.05, 0) is 24.3 Å². The molecule has 0 saturated carbocycles. The minimum atomic E-state index is -4.67. The summed E-state index contributed by atoms with van der Waals surface area (Å²) in [5.41, 5.74) is -0.454. The van der Waals surface area contributed by atoms with Crippen LogP contribution in [0.2, 0.25) is 5.02 Å². The van der Waals surface area contributed by atoms with E-state index in [0.717, 1.165) is 12.1 Å². The molecule has 0 saturated heterocycles. The highest BCUT2D eigenvalue weighted by Crippen LogP contribution is 2.36. The molecule has 25 heavy (non-hydrogen) atoms.